The lowest BCUT2D eigenvalue weighted by Gasteiger charge is -2.08. The molecule has 0 radical (unpaired) electrons. The topological polar surface area (TPSA) is 91.5 Å². The summed E-state index contributed by atoms with van der Waals surface area (Å²) in [5.74, 6) is 1.52. The summed E-state index contributed by atoms with van der Waals surface area (Å²) in [6.07, 6.45) is 4.78. The molecule has 1 aromatic carbocycles. The number of aryl methyl sites for hydroxylation is 1. The van der Waals surface area contributed by atoms with E-state index in [0.29, 0.717) is 22.9 Å². The van der Waals surface area contributed by atoms with Crippen LogP contribution in [0.1, 0.15) is 11.3 Å². The molecule has 0 amide bonds. The van der Waals surface area contributed by atoms with Gasteiger partial charge in [0.15, 0.2) is 17.3 Å². The molecule has 0 aliphatic rings. The summed E-state index contributed by atoms with van der Waals surface area (Å²) in [6.45, 7) is 1.59. The first-order valence-corrected chi connectivity index (χ1v) is 7.77. The third kappa shape index (κ3) is 3.44. The van der Waals surface area contributed by atoms with Gasteiger partial charge >= 0.3 is 0 Å². The first-order chi connectivity index (χ1) is 12.6. The fraction of sp³-hybridized carbons (Fsp3) is 0.167. The van der Waals surface area contributed by atoms with Crippen LogP contribution in [0.15, 0.2) is 52.6 Å². The monoisotopic (exact) mass is 351 g/mol. The summed E-state index contributed by atoms with van der Waals surface area (Å²) in [6, 6.07) is 8.82. The largest absolute Gasteiger partial charge is 0.493 e. The average molecular weight is 351 g/mol. The lowest BCUT2D eigenvalue weighted by Crippen LogP contribution is -2.24. The van der Waals surface area contributed by atoms with Crippen LogP contribution in [0, 0.1) is 6.92 Å². The lowest BCUT2D eigenvalue weighted by atomic mass is 10.2. The normalized spacial score (nSPS) is 10.9. The fourth-order valence-electron chi connectivity index (χ4n) is 2.30. The van der Waals surface area contributed by atoms with Crippen LogP contribution in [0.4, 0.5) is 0 Å². The average Bonchev–Trinajstić information content (AvgIpc) is 2.69. The van der Waals surface area contributed by atoms with Gasteiger partial charge in [0.1, 0.15) is 5.69 Å². The number of hydrogen-bond donors (Lipinski definition) is 0. The highest BCUT2D eigenvalue weighted by atomic mass is 16.5. The number of pyridine rings is 1. The molecule has 0 unspecified atom stereocenters. The first-order valence-electron chi connectivity index (χ1n) is 7.77. The Bertz CT molecular complexity index is 999. The molecular formula is C18H17N5O3. The van der Waals surface area contributed by atoms with Crippen LogP contribution >= 0.6 is 0 Å². The van der Waals surface area contributed by atoms with Crippen molar-refractivity contribution in [3.8, 4) is 22.9 Å². The summed E-state index contributed by atoms with van der Waals surface area (Å²) in [4.78, 5) is 16.5. The minimum absolute atomic E-state index is 0.257. The molecule has 2 aromatic heterocycles. The molecule has 2 heterocycles. The summed E-state index contributed by atoms with van der Waals surface area (Å²) >= 11 is 0. The quantitative estimate of drug-likeness (QED) is 0.652. The van der Waals surface area contributed by atoms with Crippen molar-refractivity contribution < 1.29 is 9.47 Å². The van der Waals surface area contributed by atoms with E-state index in [0.717, 1.165) is 5.56 Å². The summed E-state index contributed by atoms with van der Waals surface area (Å²) < 4.78 is 11.7. The molecule has 0 N–H and O–H groups in total. The SMILES string of the molecule is COc1ccc(/C=N/n2c(-c3ccncc3)nnc(C)c2=O)cc1OC. The maximum absolute atomic E-state index is 12.5. The molecule has 0 atom stereocenters. The molecule has 132 valence electrons. The van der Waals surface area contributed by atoms with Gasteiger partial charge in [-0.05, 0) is 42.8 Å². The summed E-state index contributed by atoms with van der Waals surface area (Å²) in [5, 5.41) is 12.3. The molecule has 0 saturated heterocycles. The minimum Gasteiger partial charge on any atom is -0.493 e. The highest BCUT2D eigenvalue weighted by Gasteiger charge is 2.11. The molecule has 8 heteroatoms. The second-order valence-corrected chi connectivity index (χ2v) is 5.32. The highest BCUT2D eigenvalue weighted by Crippen LogP contribution is 2.26. The number of ether oxygens (including phenoxy) is 2. The fourth-order valence-corrected chi connectivity index (χ4v) is 2.30. The van der Waals surface area contributed by atoms with Crippen LogP contribution in [-0.4, -0.2) is 40.3 Å². The number of nitrogens with zero attached hydrogens (tertiary/aromatic N) is 5. The van der Waals surface area contributed by atoms with E-state index < -0.39 is 0 Å². The van der Waals surface area contributed by atoms with Crippen molar-refractivity contribution in [1.82, 2.24) is 19.9 Å². The number of hydrogen-bond acceptors (Lipinski definition) is 7. The van der Waals surface area contributed by atoms with E-state index in [-0.39, 0.29) is 11.3 Å². The molecular weight excluding hydrogens is 334 g/mol. The van der Waals surface area contributed by atoms with Gasteiger partial charge in [-0.25, -0.2) is 0 Å². The number of rotatable bonds is 5. The number of methoxy groups -OCH3 is 2. The number of benzene rings is 1. The zero-order valence-electron chi connectivity index (χ0n) is 14.6. The van der Waals surface area contributed by atoms with Gasteiger partial charge in [-0.15, -0.1) is 10.2 Å². The van der Waals surface area contributed by atoms with Gasteiger partial charge in [-0.2, -0.15) is 9.78 Å². The Morgan fingerprint density at radius 3 is 2.46 bits per heavy atom. The molecule has 26 heavy (non-hydrogen) atoms. The Balaban J connectivity index is 2.06. The van der Waals surface area contributed by atoms with Gasteiger partial charge < -0.3 is 9.47 Å². The van der Waals surface area contributed by atoms with E-state index in [2.05, 4.69) is 20.3 Å². The standard InChI is InChI=1S/C18H17N5O3/c1-12-18(24)23(17(22-21-12)14-6-8-19-9-7-14)20-11-13-4-5-15(25-2)16(10-13)26-3/h4-11H,1-3H3/b20-11+. The third-order valence-electron chi connectivity index (χ3n) is 3.67. The van der Waals surface area contributed by atoms with Crippen LogP contribution in [-0.2, 0) is 0 Å². The van der Waals surface area contributed by atoms with Crippen LogP contribution in [0.25, 0.3) is 11.4 Å². The Morgan fingerprint density at radius 2 is 1.77 bits per heavy atom. The van der Waals surface area contributed by atoms with Gasteiger partial charge in [0.05, 0.1) is 20.4 Å². The Morgan fingerprint density at radius 1 is 1.04 bits per heavy atom. The van der Waals surface area contributed by atoms with Crippen LogP contribution < -0.4 is 15.0 Å². The molecule has 0 aliphatic carbocycles. The summed E-state index contributed by atoms with van der Waals surface area (Å²) in [7, 11) is 3.12. The van der Waals surface area contributed by atoms with Gasteiger partial charge in [0, 0.05) is 18.0 Å². The van der Waals surface area contributed by atoms with Crippen LogP contribution in [0.2, 0.25) is 0 Å². The van der Waals surface area contributed by atoms with Crippen molar-refractivity contribution in [3.63, 3.8) is 0 Å². The Hall–Kier alpha value is -3.55. The molecule has 8 nitrogen and oxygen atoms in total. The Kier molecular flexibility index (Phi) is 5.02. The van der Waals surface area contributed by atoms with E-state index in [1.807, 2.05) is 6.07 Å². The predicted octanol–water partition coefficient (Wildman–Crippen LogP) is 1.91. The van der Waals surface area contributed by atoms with E-state index in [1.54, 1.807) is 64.0 Å². The van der Waals surface area contributed by atoms with Gasteiger partial charge in [-0.3, -0.25) is 9.78 Å². The van der Waals surface area contributed by atoms with Gasteiger partial charge in [0.25, 0.3) is 5.56 Å². The number of aromatic nitrogens is 4. The third-order valence-corrected chi connectivity index (χ3v) is 3.67. The molecule has 3 rings (SSSR count). The highest BCUT2D eigenvalue weighted by molar-refractivity contribution is 5.81. The van der Waals surface area contributed by atoms with Crippen molar-refractivity contribution in [2.75, 3.05) is 14.2 Å². The second-order valence-electron chi connectivity index (χ2n) is 5.32. The maximum Gasteiger partial charge on any atom is 0.296 e. The zero-order valence-corrected chi connectivity index (χ0v) is 14.6. The molecule has 0 aliphatic heterocycles. The van der Waals surface area contributed by atoms with Crippen molar-refractivity contribution in [2.24, 2.45) is 5.10 Å². The zero-order chi connectivity index (χ0) is 18.5. The molecule has 0 fully saturated rings. The molecule has 0 spiro atoms. The van der Waals surface area contributed by atoms with Gasteiger partial charge in [0.2, 0.25) is 0 Å². The van der Waals surface area contributed by atoms with Crippen molar-refractivity contribution in [3.05, 3.63) is 64.3 Å². The predicted molar refractivity (Wildman–Crippen MR) is 96.8 cm³/mol. The van der Waals surface area contributed by atoms with E-state index in [9.17, 15) is 4.79 Å². The summed E-state index contributed by atoms with van der Waals surface area (Å²) in [5.41, 5.74) is 1.34. The molecule has 3 aromatic rings. The lowest BCUT2D eigenvalue weighted by molar-refractivity contribution is 0.355. The van der Waals surface area contributed by atoms with Crippen molar-refractivity contribution in [1.29, 1.82) is 0 Å². The second kappa shape index (κ2) is 7.56. The van der Waals surface area contributed by atoms with E-state index >= 15 is 0 Å². The smallest absolute Gasteiger partial charge is 0.296 e. The first kappa shape index (κ1) is 17.3. The van der Waals surface area contributed by atoms with Gasteiger partial charge in [-0.1, -0.05) is 0 Å². The Labute approximate surface area is 149 Å². The minimum atomic E-state index is -0.344. The van der Waals surface area contributed by atoms with Crippen molar-refractivity contribution >= 4 is 6.21 Å². The maximum atomic E-state index is 12.5. The van der Waals surface area contributed by atoms with Crippen LogP contribution in [0.3, 0.4) is 0 Å². The van der Waals surface area contributed by atoms with Crippen molar-refractivity contribution in [2.45, 2.75) is 6.92 Å². The van der Waals surface area contributed by atoms with E-state index in [4.69, 9.17) is 9.47 Å². The van der Waals surface area contributed by atoms with Crippen LogP contribution in [0.5, 0.6) is 11.5 Å². The molecule has 0 bridgehead atoms. The van der Waals surface area contributed by atoms with E-state index in [1.165, 1.54) is 4.68 Å². The molecule has 0 saturated carbocycles.